The van der Waals surface area contributed by atoms with Crippen LogP contribution in [0.1, 0.15) is 33.4 Å². The SMILES string of the molecule is CC(Cn1cccc1CNC(C)(C)C)C(N)=O. The third-order valence-electron chi connectivity index (χ3n) is 2.68. The van der Waals surface area contributed by atoms with Crippen molar-refractivity contribution in [3.8, 4) is 0 Å². The normalized spacial score (nSPS) is 13.6. The minimum absolute atomic E-state index is 0.0877. The van der Waals surface area contributed by atoms with E-state index in [4.69, 9.17) is 5.73 Å². The van der Waals surface area contributed by atoms with E-state index in [1.54, 1.807) is 0 Å². The van der Waals surface area contributed by atoms with Crippen molar-refractivity contribution in [2.24, 2.45) is 11.7 Å². The summed E-state index contributed by atoms with van der Waals surface area (Å²) in [7, 11) is 0. The van der Waals surface area contributed by atoms with Crippen LogP contribution in [0.3, 0.4) is 0 Å². The number of hydrogen-bond donors (Lipinski definition) is 2. The van der Waals surface area contributed by atoms with Gasteiger partial charge in [0.05, 0.1) is 5.92 Å². The van der Waals surface area contributed by atoms with Crippen LogP contribution in [0.5, 0.6) is 0 Å². The molecule has 0 spiro atoms. The van der Waals surface area contributed by atoms with Gasteiger partial charge in [-0.15, -0.1) is 0 Å². The summed E-state index contributed by atoms with van der Waals surface area (Å²) < 4.78 is 2.08. The number of nitrogens with two attached hydrogens (primary N) is 1. The third-order valence-corrected chi connectivity index (χ3v) is 2.68. The lowest BCUT2D eigenvalue weighted by atomic mass is 10.1. The molecule has 96 valence electrons. The number of aromatic nitrogens is 1. The highest BCUT2D eigenvalue weighted by Gasteiger charge is 2.13. The molecular weight excluding hydrogens is 214 g/mol. The van der Waals surface area contributed by atoms with Gasteiger partial charge in [0.2, 0.25) is 5.91 Å². The van der Waals surface area contributed by atoms with Gasteiger partial charge in [-0.3, -0.25) is 4.79 Å². The molecular formula is C13H23N3O. The van der Waals surface area contributed by atoms with Gasteiger partial charge in [0.15, 0.2) is 0 Å². The van der Waals surface area contributed by atoms with E-state index >= 15 is 0 Å². The monoisotopic (exact) mass is 237 g/mol. The summed E-state index contributed by atoms with van der Waals surface area (Å²) in [5.41, 5.74) is 6.54. The predicted octanol–water partition coefficient (Wildman–Crippen LogP) is 1.50. The maximum atomic E-state index is 11.0. The minimum atomic E-state index is -0.256. The Balaban J connectivity index is 2.63. The molecule has 0 aliphatic rings. The molecule has 1 unspecified atom stereocenters. The third kappa shape index (κ3) is 4.61. The fraction of sp³-hybridized carbons (Fsp3) is 0.615. The lowest BCUT2D eigenvalue weighted by Gasteiger charge is -2.21. The van der Waals surface area contributed by atoms with E-state index in [1.165, 1.54) is 5.69 Å². The zero-order valence-electron chi connectivity index (χ0n) is 11.2. The Kier molecular flexibility index (Phi) is 4.34. The Morgan fingerprint density at radius 2 is 2.18 bits per heavy atom. The second-order valence-corrected chi connectivity index (χ2v) is 5.56. The zero-order valence-corrected chi connectivity index (χ0v) is 11.2. The van der Waals surface area contributed by atoms with Crippen molar-refractivity contribution >= 4 is 5.91 Å². The number of carbonyl (C=O) groups excluding carboxylic acids is 1. The van der Waals surface area contributed by atoms with Gasteiger partial charge in [-0.05, 0) is 32.9 Å². The van der Waals surface area contributed by atoms with Crippen LogP contribution in [0.2, 0.25) is 0 Å². The molecule has 0 fully saturated rings. The second kappa shape index (κ2) is 5.36. The molecule has 1 heterocycles. The maximum Gasteiger partial charge on any atom is 0.222 e. The molecule has 1 rings (SSSR count). The van der Waals surface area contributed by atoms with Crippen LogP contribution in [0.25, 0.3) is 0 Å². The summed E-state index contributed by atoms with van der Waals surface area (Å²) in [6, 6.07) is 4.06. The number of carbonyl (C=O) groups is 1. The minimum Gasteiger partial charge on any atom is -0.369 e. The molecule has 0 saturated heterocycles. The van der Waals surface area contributed by atoms with Crippen molar-refractivity contribution in [2.75, 3.05) is 0 Å². The van der Waals surface area contributed by atoms with Gasteiger partial charge >= 0.3 is 0 Å². The van der Waals surface area contributed by atoms with Crippen LogP contribution in [0.4, 0.5) is 0 Å². The molecule has 4 heteroatoms. The standard InChI is InChI=1S/C13H23N3O/c1-10(12(14)17)9-16-7-5-6-11(16)8-15-13(2,3)4/h5-7,10,15H,8-9H2,1-4H3,(H2,14,17). The molecule has 0 bridgehead atoms. The van der Waals surface area contributed by atoms with Crippen LogP contribution >= 0.6 is 0 Å². The Bertz CT molecular complexity index is 376. The van der Waals surface area contributed by atoms with Crippen molar-refractivity contribution < 1.29 is 4.79 Å². The van der Waals surface area contributed by atoms with Crippen LogP contribution in [0.15, 0.2) is 18.3 Å². The topological polar surface area (TPSA) is 60.1 Å². The van der Waals surface area contributed by atoms with Crippen LogP contribution in [-0.4, -0.2) is 16.0 Å². The van der Waals surface area contributed by atoms with E-state index in [0.29, 0.717) is 6.54 Å². The fourth-order valence-electron chi connectivity index (χ4n) is 1.53. The molecule has 0 aliphatic carbocycles. The summed E-state index contributed by atoms with van der Waals surface area (Å²) in [4.78, 5) is 11.0. The average molecular weight is 237 g/mol. The Morgan fingerprint density at radius 1 is 1.53 bits per heavy atom. The predicted molar refractivity (Wildman–Crippen MR) is 69.4 cm³/mol. The Morgan fingerprint density at radius 3 is 2.71 bits per heavy atom. The zero-order chi connectivity index (χ0) is 13.1. The van der Waals surface area contributed by atoms with Gasteiger partial charge in [-0.25, -0.2) is 0 Å². The van der Waals surface area contributed by atoms with Crippen LogP contribution < -0.4 is 11.1 Å². The number of rotatable bonds is 5. The van der Waals surface area contributed by atoms with E-state index in [1.807, 2.05) is 19.2 Å². The number of primary amides is 1. The first-order chi connectivity index (χ1) is 7.79. The summed E-state index contributed by atoms with van der Waals surface area (Å²) in [5, 5.41) is 3.43. The molecule has 0 saturated carbocycles. The Hall–Kier alpha value is -1.29. The molecule has 1 amide bonds. The van der Waals surface area contributed by atoms with Crippen molar-refractivity contribution in [2.45, 2.75) is 46.3 Å². The van der Waals surface area contributed by atoms with E-state index in [0.717, 1.165) is 6.54 Å². The number of amides is 1. The first-order valence-corrected chi connectivity index (χ1v) is 5.98. The van der Waals surface area contributed by atoms with E-state index in [9.17, 15) is 4.79 Å². The molecule has 1 aromatic rings. The highest BCUT2D eigenvalue weighted by molar-refractivity contribution is 5.76. The molecule has 0 aromatic carbocycles. The van der Waals surface area contributed by atoms with Crippen LogP contribution in [-0.2, 0) is 17.9 Å². The van der Waals surface area contributed by atoms with Crippen molar-refractivity contribution in [3.63, 3.8) is 0 Å². The first kappa shape index (κ1) is 13.8. The summed E-state index contributed by atoms with van der Waals surface area (Å²) in [6.07, 6.45) is 1.99. The second-order valence-electron chi connectivity index (χ2n) is 5.56. The van der Waals surface area contributed by atoms with Crippen molar-refractivity contribution in [1.82, 2.24) is 9.88 Å². The average Bonchev–Trinajstić information content (AvgIpc) is 2.61. The Labute approximate surface area is 103 Å². The number of nitrogens with zero attached hydrogens (tertiary/aromatic N) is 1. The highest BCUT2D eigenvalue weighted by atomic mass is 16.1. The van der Waals surface area contributed by atoms with E-state index in [2.05, 4.69) is 36.7 Å². The summed E-state index contributed by atoms with van der Waals surface area (Å²) >= 11 is 0. The summed E-state index contributed by atoms with van der Waals surface area (Å²) in [5.74, 6) is -0.399. The van der Waals surface area contributed by atoms with Gasteiger partial charge < -0.3 is 15.6 Å². The van der Waals surface area contributed by atoms with Gasteiger partial charge in [0.1, 0.15) is 0 Å². The van der Waals surface area contributed by atoms with Gasteiger partial charge in [0.25, 0.3) is 0 Å². The number of hydrogen-bond acceptors (Lipinski definition) is 2. The molecule has 0 aliphatic heterocycles. The quantitative estimate of drug-likeness (QED) is 0.815. The summed E-state index contributed by atoms with van der Waals surface area (Å²) in [6.45, 7) is 9.68. The lowest BCUT2D eigenvalue weighted by molar-refractivity contribution is -0.121. The smallest absolute Gasteiger partial charge is 0.222 e. The maximum absolute atomic E-state index is 11.0. The molecule has 1 atom stereocenters. The van der Waals surface area contributed by atoms with Crippen molar-refractivity contribution in [3.05, 3.63) is 24.0 Å². The van der Waals surface area contributed by atoms with Crippen LogP contribution in [0, 0.1) is 5.92 Å². The fourth-order valence-corrected chi connectivity index (χ4v) is 1.53. The number of nitrogens with one attached hydrogen (secondary N) is 1. The van der Waals surface area contributed by atoms with Crippen molar-refractivity contribution in [1.29, 1.82) is 0 Å². The van der Waals surface area contributed by atoms with Gasteiger partial charge in [-0.2, -0.15) is 0 Å². The largest absolute Gasteiger partial charge is 0.369 e. The highest BCUT2D eigenvalue weighted by Crippen LogP contribution is 2.09. The first-order valence-electron chi connectivity index (χ1n) is 5.98. The molecule has 1 aromatic heterocycles. The van der Waals surface area contributed by atoms with E-state index < -0.39 is 0 Å². The van der Waals surface area contributed by atoms with E-state index in [-0.39, 0.29) is 17.4 Å². The molecule has 4 nitrogen and oxygen atoms in total. The van der Waals surface area contributed by atoms with Gasteiger partial charge in [-0.1, -0.05) is 6.92 Å². The molecule has 17 heavy (non-hydrogen) atoms. The molecule has 0 radical (unpaired) electrons. The van der Waals surface area contributed by atoms with Gasteiger partial charge in [0, 0.05) is 30.5 Å². The lowest BCUT2D eigenvalue weighted by Crippen LogP contribution is -2.36. The molecule has 3 N–H and O–H groups in total.